The first-order valence-electron chi connectivity index (χ1n) is 7.11. The number of hydrogen-bond acceptors (Lipinski definition) is 4. The van der Waals surface area contributed by atoms with Crippen LogP contribution in [0.3, 0.4) is 0 Å². The van der Waals surface area contributed by atoms with Crippen LogP contribution in [-0.4, -0.2) is 41.6 Å². The lowest BCUT2D eigenvalue weighted by Crippen LogP contribution is -2.34. The maximum atomic E-state index is 12.5. The van der Waals surface area contributed by atoms with Crippen molar-refractivity contribution >= 4 is 10.0 Å². The van der Waals surface area contributed by atoms with E-state index in [0.29, 0.717) is 23.9 Å². The number of aliphatic hydroxyl groups excluding tert-OH is 1. The Morgan fingerprint density at radius 3 is 2.85 bits per heavy atom. The molecule has 0 aromatic carbocycles. The first-order chi connectivity index (χ1) is 9.52. The van der Waals surface area contributed by atoms with Gasteiger partial charge in [0.1, 0.15) is 0 Å². The van der Waals surface area contributed by atoms with Crippen molar-refractivity contribution in [2.45, 2.75) is 37.3 Å². The molecular weight excluding hydrogens is 278 g/mol. The third kappa shape index (κ3) is 2.27. The van der Waals surface area contributed by atoms with Crippen LogP contribution in [0.4, 0.5) is 0 Å². The van der Waals surface area contributed by atoms with Crippen molar-refractivity contribution in [3.63, 3.8) is 0 Å². The molecule has 3 rings (SSSR count). The molecule has 2 aliphatic rings. The van der Waals surface area contributed by atoms with Crippen LogP contribution in [0.15, 0.2) is 11.2 Å². The summed E-state index contributed by atoms with van der Waals surface area (Å²) in [4.78, 5) is 0. The number of aliphatic hydroxyl groups is 1. The van der Waals surface area contributed by atoms with E-state index in [9.17, 15) is 13.5 Å². The summed E-state index contributed by atoms with van der Waals surface area (Å²) in [6, 6.07) is 0. The Morgan fingerprint density at radius 1 is 1.45 bits per heavy atom. The van der Waals surface area contributed by atoms with Gasteiger partial charge in [-0.3, -0.25) is 5.10 Å². The van der Waals surface area contributed by atoms with Crippen molar-refractivity contribution in [3.05, 3.63) is 11.8 Å². The van der Waals surface area contributed by atoms with Crippen LogP contribution in [-0.2, 0) is 16.6 Å². The van der Waals surface area contributed by atoms with Crippen LogP contribution in [0.2, 0.25) is 0 Å². The van der Waals surface area contributed by atoms with E-state index in [1.54, 1.807) is 7.05 Å². The third-order valence-electron chi connectivity index (χ3n) is 4.89. The van der Waals surface area contributed by atoms with Crippen molar-refractivity contribution in [2.75, 3.05) is 13.6 Å². The van der Waals surface area contributed by atoms with E-state index in [2.05, 4.69) is 10.2 Å². The van der Waals surface area contributed by atoms with E-state index >= 15 is 0 Å². The minimum absolute atomic E-state index is 0.0191. The molecule has 2 saturated carbocycles. The summed E-state index contributed by atoms with van der Waals surface area (Å²) < 4.78 is 26.4. The fraction of sp³-hybridized carbons (Fsp3) is 0.769. The lowest BCUT2D eigenvalue weighted by Gasteiger charge is -2.26. The SMILES string of the molecule is CN(CC1CC2CCC1C2)S(=O)(=O)c1[nH]ncc1CO. The first-order valence-corrected chi connectivity index (χ1v) is 8.55. The van der Waals surface area contributed by atoms with E-state index in [0.717, 1.165) is 12.3 Å². The normalized spacial score (nSPS) is 29.4. The van der Waals surface area contributed by atoms with Crippen molar-refractivity contribution < 1.29 is 13.5 Å². The highest BCUT2D eigenvalue weighted by Gasteiger charge is 2.41. The van der Waals surface area contributed by atoms with Crippen molar-refractivity contribution in [3.8, 4) is 0 Å². The van der Waals surface area contributed by atoms with E-state index in [-0.39, 0.29) is 11.6 Å². The molecule has 3 atom stereocenters. The Bertz CT molecular complexity index is 583. The minimum Gasteiger partial charge on any atom is -0.392 e. The number of nitrogens with zero attached hydrogens (tertiary/aromatic N) is 2. The Morgan fingerprint density at radius 2 is 2.25 bits per heavy atom. The summed E-state index contributed by atoms with van der Waals surface area (Å²) >= 11 is 0. The predicted octanol–water partition coefficient (Wildman–Crippen LogP) is 0.959. The van der Waals surface area contributed by atoms with Gasteiger partial charge in [-0.2, -0.15) is 9.40 Å². The number of fused-ring (bicyclic) bond motifs is 2. The summed E-state index contributed by atoms with van der Waals surface area (Å²) in [5, 5.41) is 15.4. The highest BCUT2D eigenvalue weighted by atomic mass is 32.2. The molecule has 1 aromatic heterocycles. The summed E-state index contributed by atoms with van der Waals surface area (Å²) in [5.74, 6) is 1.98. The molecule has 0 spiro atoms. The van der Waals surface area contributed by atoms with Gasteiger partial charge in [-0.15, -0.1) is 0 Å². The Balaban J connectivity index is 1.74. The molecule has 2 bridgehead atoms. The Kier molecular flexibility index (Phi) is 3.60. The molecule has 7 heteroatoms. The lowest BCUT2D eigenvalue weighted by atomic mass is 9.89. The van der Waals surface area contributed by atoms with Crippen LogP contribution >= 0.6 is 0 Å². The van der Waals surface area contributed by atoms with Crippen molar-refractivity contribution in [2.24, 2.45) is 17.8 Å². The zero-order valence-electron chi connectivity index (χ0n) is 11.6. The van der Waals surface area contributed by atoms with Gasteiger partial charge in [0.05, 0.1) is 12.8 Å². The minimum atomic E-state index is -3.59. The first kappa shape index (κ1) is 14.0. The smallest absolute Gasteiger partial charge is 0.260 e. The van der Waals surface area contributed by atoms with Crippen LogP contribution < -0.4 is 0 Å². The molecule has 2 N–H and O–H groups in total. The molecule has 2 fully saturated rings. The average molecular weight is 299 g/mol. The molecule has 112 valence electrons. The number of hydrogen-bond donors (Lipinski definition) is 2. The summed E-state index contributed by atoms with van der Waals surface area (Å²) in [5.41, 5.74) is 0.324. The van der Waals surface area contributed by atoms with Crippen LogP contribution in [0.25, 0.3) is 0 Å². The molecule has 3 unspecified atom stereocenters. The topological polar surface area (TPSA) is 86.3 Å². The Labute approximate surface area is 119 Å². The van der Waals surface area contributed by atoms with Crippen molar-refractivity contribution in [1.29, 1.82) is 0 Å². The van der Waals surface area contributed by atoms with E-state index < -0.39 is 10.0 Å². The molecule has 0 saturated heterocycles. The molecular formula is C13H21N3O3S. The predicted molar refractivity (Wildman–Crippen MR) is 73.3 cm³/mol. The largest absolute Gasteiger partial charge is 0.392 e. The monoisotopic (exact) mass is 299 g/mol. The maximum Gasteiger partial charge on any atom is 0.260 e. The van der Waals surface area contributed by atoms with Gasteiger partial charge in [0.2, 0.25) is 0 Å². The van der Waals surface area contributed by atoms with Crippen molar-refractivity contribution in [1.82, 2.24) is 14.5 Å². The van der Waals surface area contributed by atoms with Gasteiger partial charge in [-0.25, -0.2) is 8.42 Å². The molecule has 20 heavy (non-hydrogen) atoms. The Hall–Kier alpha value is -0.920. The third-order valence-corrected chi connectivity index (χ3v) is 6.73. The number of H-pyrrole nitrogens is 1. The maximum absolute atomic E-state index is 12.5. The van der Waals surface area contributed by atoms with Gasteiger partial charge in [0, 0.05) is 19.2 Å². The number of aromatic amines is 1. The molecule has 1 aromatic rings. The highest BCUT2D eigenvalue weighted by molar-refractivity contribution is 7.89. The molecule has 1 heterocycles. The zero-order valence-corrected chi connectivity index (χ0v) is 12.4. The molecule has 6 nitrogen and oxygen atoms in total. The number of sulfonamides is 1. The fourth-order valence-electron chi connectivity index (χ4n) is 3.82. The second kappa shape index (κ2) is 5.13. The number of aromatic nitrogens is 2. The van der Waals surface area contributed by atoms with Gasteiger partial charge in [0.25, 0.3) is 10.0 Å². The highest BCUT2D eigenvalue weighted by Crippen LogP contribution is 2.48. The van der Waals surface area contributed by atoms with E-state index in [4.69, 9.17) is 0 Å². The fourth-order valence-corrected chi connectivity index (χ4v) is 5.14. The van der Waals surface area contributed by atoms with Gasteiger partial charge in [0.15, 0.2) is 5.03 Å². The summed E-state index contributed by atoms with van der Waals surface area (Å²) in [7, 11) is -1.97. The second-order valence-electron chi connectivity index (χ2n) is 6.10. The van der Waals surface area contributed by atoms with Gasteiger partial charge in [-0.05, 0) is 37.0 Å². The average Bonchev–Trinajstić information content (AvgIpc) is 3.14. The second-order valence-corrected chi connectivity index (χ2v) is 8.08. The van der Waals surface area contributed by atoms with Crippen LogP contribution in [0.1, 0.15) is 31.2 Å². The van der Waals surface area contributed by atoms with Crippen LogP contribution in [0.5, 0.6) is 0 Å². The standard InChI is InChI=1S/C13H21N3O3S/c1-16(7-11-5-9-2-3-10(11)4-9)20(18,19)13-12(8-17)6-14-15-13/h6,9-11,17H,2-5,7-8H2,1H3,(H,14,15). The number of nitrogens with one attached hydrogen (secondary N) is 1. The quantitative estimate of drug-likeness (QED) is 0.848. The van der Waals surface area contributed by atoms with E-state index in [1.165, 1.54) is 29.8 Å². The van der Waals surface area contributed by atoms with Gasteiger partial charge in [-0.1, -0.05) is 6.42 Å². The summed E-state index contributed by atoms with van der Waals surface area (Å²) in [6.07, 6.45) is 6.34. The molecule has 2 aliphatic carbocycles. The van der Waals surface area contributed by atoms with Gasteiger partial charge >= 0.3 is 0 Å². The molecule has 0 amide bonds. The lowest BCUT2D eigenvalue weighted by molar-refractivity contribution is 0.273. The number of rotatable bonds is 5. The molecule has 0 aliphatic heterocycles. The molecule has 0 radical (unpaired) electrons. The van der Waals surface area contributed by atoms with E-state index in [1.807, 2.05) is 0 Å². The van der Waals surface area contributed by atoms with Crippen LogP contribution in [0, 0.1) is 17.8 Å². The van der Waals surface area contributed by atoms with Gasteiger partial charge < -0.3 is 5.11 Å². The zero-order chi connectivity index (χ0) is 14.3. The summed E-state index contributed by atoms with van der Waals surface area (Å²) in [6.45, 7) is 0.237.